The fourth-order valence-corrected chi connectivity index (χ4v) is 9.60. The van der Waals surface area contributed by atoms with Gasteiger partial charge in [0, 0.05) is 13.0 Å². The van der Waals surface area contributed by atoms with Gasteiger partial charge in [0.1, 0.15) is 11.6 Å². The van der Waals surface area contributed by atoms with Crippen LogP contribution in [0.1, 0.15) is 32.8 Å². The number of carbonyl (C=O) groups is 1. The van der Waals surface area contributed by atoms with Gasteiger partial charge in [-0.25, -0.2) is 8.42 Å². The number of Topliss-reactive ketones (excluding diaryl/α,β-unsaturated/α-hetero) is 1. The first-order valence-corrected chi connectivity index (χ1v) is 14.8. The number of aryl methyl sites for hydroxylation is 1. The molecule has 2 saturated heterocycles. The van der Waals surface area contributed by atoms with E-state index in [-0.39, 0.29) is 29.7 Å². The molecule has 0 unspecified atom stereocenters. The highest BCUT2D eigenvalue weighted by molar-refractivity contribution is 7.89. The third-order valence-electron chi connectivity index (χ3n) is 7.15. The van der Waals surface area contributed by atoms with E-state index in [4.69, 9.17) is 9.16 Å². The number of rotatable bonds is 7. The summed E-state index contributed by atoms with van der Waals surface area (Å²) in [5.74, 6) is -0.0881. The number of carbonyl (C=O) groups excluding carboxylic acids is 1. The summed E-state index contributed by atoms with van der Waals surface area (Å²) in [6.45, 7) is 8.48. The van der Waals surface area contributed by atoms with E-state index in [1.165, 1.54) is 4.31 Å². The molecule has 4 rings (SSSR count). The van der Waals surface area contributed by atoms with Gasteiger partial charge in [-0.2, -0.15) is 4.31 Å². The largest absolute Gasteiger partial charge is 0.409 e. The van der Waals surface area contributed by atoms with Crippen LogP contribution in [0, 0.1) is 6.92 Å². The van der Waals surface area contributed by atoms with Crippen LogP contribution in [0.15, 0.2) is 41.3 Å². The van der Waals surface area contributed by atoms with Gasteiger partial charge in [-0.05, 0) is 43.3 Å². The van der Waals surface area contributed by atoms with E-state index >= 15 is 0 Å². The minimum atomic E-state index is -3.86. The van der Waals surface area contributed by atoms with Crippen LogP contribution in [0.4, 0.5) is 0 Å². The second-order valence-electron chi connectivity index (χ2n) is 8.68. The molecule has 0 aromatic heterocycles. The lowest BCUT2D eigenvalue weighted by Crippen LogP contribution is -2.59. The molecule has 0 aliphatic carbocycles. The molecule has 0 saturated carbocycles. The molecule has 0 N–H and O–H groups in total. The van der Waals surface area contributed by atoms with Crippen molar-refractivity contribution in [3.8, 4) is 0 Å². The fourth-order valence-electron chi connectivity index (χ4n) is 5.10. The van der Waals surface area contributed by atoms with E-state index in [0.29, 0.717) is 0 Å². The molecule has 30 heavy (non-hydrogen) atoms. The number of nitrogens with zero attached hydrogens (tertiary/aromatic N) is 1. The second kappa shape index (κ2) is 7.67. The maximum atomic E-state index is 13.6. The predicted molar refractivity (Wildman–Crippen MR) is 117 cm³/mol. The first-order chi connectivity index (χ1) is 14.2. The molecule has 3 heterocycles. The zero-order valence-corrected chi connectivity index (χ0v) is 19.9. The number of benzene rings is 1. The number of hydrogen-bond donors (Lipinski definition) is 0. The molecule has 2 bridgehead atoms. The van der Waals surface area contributed by atoms with Crippen LogP contribution < -0.4 is 0 Å². The van der Waals surface area contributed by atoms with Crippen LogP contribution in [-0.4, -0.2) is 57.2 Å². The van der Waals surface area contributed by atoms with Crippen molar-refractivity contribution in [2.24, 2.45) is 0 Å². The van der Waals surface area contributed by atoms with Crippen molar-refractivity contribution in [2.75, 3.05) is 6.54 Å². The molecular weight excluding hydrogens is 418 g/mol. The Morgan fingerprint density at radius 3 is 2.40 bits per heavy atom. The molecule has 8 heteroatoms. The molecule has 0 amide bonds. The van der Waals surface area contributed by atoms with E-state index in [0.717, 1.165) is 23.7 Å². The normalized spacial score (nSPS) is 31.3. The summed E-state index contributed by atoms with van der Waals surface area (Å²) in [4.78, 5) is 13.3. The van der Waals surface area contributed by atoms with Crippen LogP contribution >= 0.6 is 0 Å². The second-order valence-corrected chi connectivity index (χ2v) is 15.3. The van der Waals surface area contributed by atoms with Gasteiger partial charge in [0.25, 0.3) is 0 Å². The average Bonchev–Trinajstić information content (AvgIpc) is 3.25. The molecule has 1 spiro atoms. The summed E-state index contributed by atoms with van der Waals surface area (Å²) < 4.78 is 41.6. The minimum absolute atomic E-state index is 0.0881. The van der Waals surface area contributed by atoms with Crippen molar-refractivity contribution < 1.29 is 22.4 Å². The van der Waals surface area contributed by atoms with Gasteiger partial charge in [0.05, 0.1) is 17.1 Å². The SMILES string of the molecule is CC[Si](CC)(CC)O[C@H]1CN(S(=O)(=O)c2ccc(C)cc2)[C@@H]2C(=O)C[C@H]3C=C[C@@]12O3. The van der Waals surface area contributed by atoms with Crippen molar-refractivity contribution in [3.63, 3.8) is 0 Å². The van der Waals surface area contributed by atoms with Crippen LogP contribution in [0.5, 0.6) is 0 Å². The van der Waals surface area contributed by atoms with Crippen LogP contribution in [0.3, 0.4) is 0 Å². The van der Waals surface area contributed by atoms with Crippen LogP contribution in [-0.2, 0) is 24.0 Å². The van der Waals surface area contributed by atoms with Crippen LogP contribution in [0.25, 0.3) is 0 Å². The van der Waals surface area contributed by atoms with E-state index < -0.39 is 36.1 Å². The number of fused-ring (bicyclic) bond motifs is 1. The lowest BCUT2D eigenvalue weighted by atomic mass is 9.88. The maximum Gasteiger partial charge on any atom is 0.243 e. The smallest absolute Gasteiger partial charge is 0.243 e. The lowest BCUT2D eigenvalue weighted by Gasteiger charge is -2.42. The van der Waals surface area contributed by atoms with Crippen molar-refractivity contribution in [1.29, 1.82) is 0 Å². The van der Waals surface area contributed by atoms with Gasteiger partial charge in [-0.3, -0.25) is 4.79 Å². The molecule has 6 nitrogen and oxygen atoms in total. The number of ketones is 1. The summed E-state index contributed by atoms with van der Waals surface area (Å²) in [5, 5.41) is 0. The summed E-state index contributed by atoms with van der Waals surface area (Å²) in [6.07, 6.45) is 3.25. The van der Waals surface area contributed by atoms with Crippen molar-refractivity contribution in [1.82, 2.24) is 4.31 Å². The third-order valence-corrected chi connectivity index (χ3v) is 13.6. The Hall–Kier alpha value is -1.32. The first kappa shape index (κ1) is 21.9. The Labute approximate surface area is 180 Å². The quantitative estimate of drug-likeness (QED) is 0.471. The van der Waals surface area contributed by atoms with Crippen LogP contribution in [0.2, 0.25) is 18.1 Å². The lowest BCUT2D eigenvalue weighted by molar-refractivity contribution is -0.150. The molecule has 1 aromatic rings. The molecule has 4 atom stereocenters. The van der Waals surface area contributed by atoms with Gasteiger partial charge in [0.2, 0.25) is 10.0 Å². The van der Waals surface area contributed by atoms with Crippen molar-refractivity contribution >= 4 is 24.1 Å². The zero-order valence-electron chi connectivity index (χ0n) is 18.1. The van der Waals surface area contributed by atoms with E-state index in [1.807, 2.05) is 19.1 Å². The number of hydrogen-bond acceptors (Lipinski definition) is 5. The third kappa shape index (κ3) is 3.24. The standard InChI is InChI=1S/C22H31NO5SSi/c1-5-30(6-2,7-3)28-20-15-23(29(25,26)18-10-8-16(4)9-11-18)21-19(24)14-17-12-13-22(20,21)27-17/h8-13,17,20-21H,5-7,14-15H2,1-4H3/t17-,20+,21-,22-/m1/s1. The fraction of sp³-hybridized carbons (Fsp3) is 0.591. The van der Waals surface area contributed by atoms with Crippen molar-refractivity contribution in [3.05, 3.63) is 42.0 Å². The first-order valence-electron chi connectivity index (χ1n) is 10.9. The summed E-state index contributed by atoms with van der Waals surface area (Å²) >= 11 is 0. The highest BCUT2D eigenvalue weighted by atomic mass is 32.2. The Balaban J connectivity index is 1.77. The van der Waals surface area contributed by atoms with Gasteiger partial charge < -0.3 is 9.16 Å². The Morgan fingerprint density at radius 2 is 1.80 bits per heavy atom. The minimum Gasteiger partial charge on any atom is -0.409 e. The zero-order chi connectivity index (χ0) is 21.7. The molecule has 2 fully saturated rings. The van der Waals surface area contributed by atoms with E-state index in [1.54, 1.807) is 24.3 Å². The Morgan fingerprint density at radius 1 is 1.17 bits per heavy atom. The van der Waals surface area contributed by atoms with E-state index in [2.05, 4.69) is 20.8 Å². The number of sulfonamides is 1. The predicted octanol–water partition coefficient (Wildman–Crippen LogP) is 3.42. The van der Waals surface area contributed by atoms with Crippen molar-refractivity contribution in [2.45, 2.75) is 81.0 Å². The average molecular weight is 450 g/mol. The van der Waals surface area contributed by atoms with Gasteiger partial charge in [-0.15, -0.1) is 0 Å². The topological polar surface area (TPSA) is 72.9 Å². The summed E-state index contributed by atoms with van der Waals surface area (Å²) in [6, 6.07) is 8.74. The van der Waals surface area contributed by atoms with Gasteiger partial charge in [-0.1, -0.05) is 44.5 Å². The Bertz CT molecular complexity index is 948. The molecule has 3 aliphatic rings. The molecule has 0 radical (unpaired) electrons. The highest BCUT2D eigenvalue weighted by Gasteiger charge is 2.66. The number of ether oxygens (including phenoxy) is 1. The molecule has 3 aliphatic heterocycles. The van der Waals surface area contributed by atoms with Gasteiger partial charge >= 0.3 is 0 Å². The van der Waals surface area contributed by atoms with Gasteiger partial charge in [0.15, 0.2) is 14.1 Å². The monoisotopic (exact) mass is 449 g/mol. The molecule has 1 aromatic carbocycles. The highest BCUT2D eigenvalue weighted by Crippen LogP contribution is 2.48. The maximum absolute atomic E-state index is 13.6. The Kier molecular flexibility index (Phi) is 5.60. The summed E-state index contributed by atoms with van der Waals surface area (Å²) in [7, 11) is -5.91. The summed E-state index contributed by atoms with van der Waals surface area (Å²) in [5.41, 5.74) is -0.0356. The molecular formula is C22H31NO5SSi. The van der Waals surface area contributed by atoms with E-state index in [9.17, 15) is 13.2 Å². The molecule has 164 valence electrons.